The molecule has 1 atom stereocenters. The van der Waals surface area contributed by atoms with Crippen LogP contribution in [-0.2, 0) is 9.53 Å². The van der Waals surface area contributed by atoms with Crippen molar-refractivity contribution in [2.24, 2.45) is 10.9 Å². The molecule has 0 amide bonds. The van der Waals surface area contributed by atoms with E-state index in [9.17, 15) is 9.59 Å². The molecular formula is C30H32N2O6S. The summed E-state index contributed by atoms with van der Waals surface area (Å²) in [5.41, 5.74) is 2.39. The zero-order chi connectivity index (χ0) is 27.5. The summed E-state index contributed by atoms with van der Waals surface area (Å²) in [6.45, 7) is 8.99. The lowest BCUT2D eigenvalue weighted by Crippen LogP contribution is -2.40. The van der Waals surface area contributed by atoms with Crippen molar-refractivity contribution < 1.29 is 23.7 Å². The standard InChI is InChI=1S/C30H32N2O6S/c1-5-7-22-26(29(34)35-6-2)27(20-10-13-23-24(15-20)38-17-37-23)32-28(33)25(39-30(32)31-22)14-19-8-11-21(12-9-19)36-16-18(3)4/h8-15,18,27H,5-7,16-17H2,1-4H3/b25-14+/t27-/m1/s1. The number of hydrogen-bond acceptors (Lipinski definition) is 8. The van der Waals surface area contributed by atoms with Crippen molar-refractivity contribution in [1.29, 1.82) is 0 Å². The van der Waals surface area contributed by atoms with Gasteiger partial charge in [0.2, 0.25) is 6.79 Å². The first kappa shape index (κ1) is 26.7. The molecule has 0 unspecified atom stereocenters. The van der Waals surface area contributed by atoms with Crippen molar-refractivity contribution >= 4 is 23.4 Å². The van der Waals surface area contributed by atoms with Crippen molar-refractivity contribution in [1.82, 2.24) is 4.57 Å². The number of ether oxygens (including phenoxy) is 4. The van der Waals surface area contributed by atoms with Crippen LogP contribution in [0.4, 0.5) is 0 Å². The van der Waals surface area contributed by atoms with Crippen LogP contribution < -0.4 is 29.1 Å². The smallest absolute Gasteiger partial charge is 0.338 e. The zero-order valence-corrected chi connectivity index (χ0v) is 23.4. The van der Waals surface area contributed by atoms with Crippen molar-refractivity contribution in [3.8, 4) is 17.2 Å². The van der Waals surface area contributed by atoms with Gasteiger partial charge in [0.25, 0.3) is 5.56 Å². The van der Waals surface area contributed by atoms with Crippen LogP contribution in [0.5, 0.6) is 17.2 Å². The Hall–Kier alpha value is -3.85. The summed E-state index contributed by atoms with van der Waals surface area (Å²) in [4.78, 5) is 32.6. The highest BCUT2D eigenvalue weighted by Gasteiger charge is 2.35. The van der Waals surface area contributed by atoms with Crippen LogP contribution in [0.1, 0.15) is 57.7 Å². The molecule has 0 radical (unpaired) electrons. The van der Waals surface area contributed by atoms with Gasteiger partial charge in [0.05, 0.1) is 35.1 Å². The van der Waals surface area contributed by atoms with Crippen LogP contribution in [0.3, 0.4) is 0 Å². The average Bonchev–Trinajstić information content (AvgIpc) is 3.51. The summed E-state index contributed by atoms with van der Waals surface area (Å²) < 4.78 is 24.5. The van der Waals surface area contributed by atoms with Gasteiger partial charge in [0.1, 0.15) is 5.75 Å². The number of carbonyl (C=O) groups is 1. The minimum Gasteiger partial charge on any atom is -0.493 e. The summed E-state index contributed by atoms with van der Waals surface area (Å²) >= 11 is 1.31. The summed E-state index contributed by atoms with van der Waals surface area (Å²) in [6, 6.07) is 12.4. The summed E-state index contributed by atoms with van der Waals surface area (Å²) in [7, 11) is 0. The SMILES string of the molecule is CCCC1=C(C(=O)OCC)[C@@H](c2ccc3c(c2)OCO3)n2c(s/c(=C/c3ccc(OCC(C)C)cc3)c2=O)=N1. The van der Waals surface area contributed by atoms with Gasteiger partial charge in [-0.25, -0.2) is 9.79 Å². The Morgan fingerprint density at radius 1 is 1.15 bits per heavy atom. The lowest BCUT2D eigenvalue weighted by Gasteiger charge is -2.25. The number of allylic oxidation sites excluding steroid dienone is 1. The molecule has 0 N–H and O–H groups in total. The molecular weight excluding hydrogens is 516 g/mol. The van der Waals surface area contributed by atoms with Gasteiger partial charge in [0.15, 0.2) is 16.3 Å². The van der Waals surface area contributed by atoms with Crippen molar-refractivity contribution in [3.05, 3.63) is 84.5 Å². The van der Waals surface area contributed by atoms with E-state index in [1.807, 2.05) is 49.4 Å². The molecule has 0 spiro atoms. The largest absolute Gasteiger partial charge is 0.493 e. The van der Waals surface area contributed by atoms with E-state index in [1.54, 1.807) is 17.6 Å². The minimum atomic E-state index is -0.703. The van der Waals surface area contributed by atoms with Crippen molar-refractivity contribution in [3.63, 3.8) is 0 Å². The molecule has 8 nitrogen and oxygen atoms in total. The quantitative estimate of drug-likeness (QED) is 0.370. The Morgan fingerprint density at radius 3 is 2.64 bits per heavy atom. The van der Waals surface area contributed by atoms with Crippen LogP contribution >= 0.6 is 11.3 Å². The second-order valence-electron chi connectivity index (χ2n) is 9.80. The third kappa shape index (κ3) is 5.49. The Morgan fingerprint density at radius 2 is 1.92 bits per heavy atom. The molecule has 2 aliphatic rings. The third-order valence-electron chi connectivity index (χ3n) is 6.37. The van der Waals surface area contributed by atoms with Crippen molar-refractivity contribution in [2.45, 2.75) is 46.6 Å². The van der Waals surface area contributed by atoms with Gasteiger partial charge in [-0.05, 0) is 60.7 Å². The number of rotatable bonds is 9. The predicted molar refractivity (Wildman–Crippen MR) is 149 cm³/mol. The van der Waals surface area contributed by atoms with Gasteiger partial charge < -0.3 is 18.9 Å². The lowest BCUT2D eigenvalue weighted by molar-refractivity contribution is -0.139. The molecule has 0 aliphatic carbocycles. The van der Waals surface area contributed by atoms with Crippen LogP contribution in [0.25, 0.3) is 6.08 Å². The maximum atomic E-state index is 13.9. The molecule has 39 heavy (non-hydrogen) atoms. The highest BCUT2D eigenvalue weighted by atomic mass is 32.1. The molecule has 9 heteroatoms. The van der Waals surface area contributed by atoms with Gasteiger partial charge in [0, 0.05) is 0 Å². The maximum absolute atomic E-state index is 13.9. The Kier molecular flexibility index (Phi) is 7.88. The molecule has 2 aromatic carbocycles. The second kappa shape index (κ2) is 11.5. The summed E-state index contributed by atoms with van der Waals surface area (Å²) in [6.07, 6.45) is 3.22. The summed E-state index contributed by atoms with van der Waals surface area (Å²) in [5.74, 6) is 1.95. The molecule has 0 bridgehead atoms. The fraction of sp³-hybridized carbons (Fsp3) is 0.367. The van der Waals surface area contributed by atoms with Crippen LogP contribution in [0, 0.1) is 5.92 Å². The number of thiazole rings is 1. The van der Waals surface area contributed by atoms with Gasteiger partial charge >= 0.3 is 5.97 Å². The summed E-state index contributed by atoms with van der Waals surface area (Å²) in [5, 5.41) is 0. The van der Waals surface area contributed by atoms with Gasteiger partial charge in [-0.3, -0.25) is 9.36 Å². The maximum Gasteiger partial charge on any atom is 0.338 e. The highest BCUT2D eigenvalue weighted by molar-refractivity contribution is 7.07. The molecule has 5 rings (SSSR count). The molecule has 3 heterocycles. The number of benzene rings is 2. The lowest BCUT2D eigenvalue weighted by atomic mass is 9.94. The van der Waals surface area contributed by atoms with E-state index in [1.165, 1.54) is 11.3 Å². The third-order valence-corrected chi connectivity index (χ3v) is 7.35. The number of carbonyl (C=O) groups excluding carboxylic acids is 1. The van der Waals surface area contributed by atoms with E-state index < -0.39 is 12.0 Å². The Balaban J connectivity index is 1.63. The molecule has 3 aromatic rings. The molecule has 2 aliphatic heterocycles. The molecule has 1 aromatic heterocycles. The second-order valence-corrected chi connectivity index (χ2v) is 10.8. The van der Waals surface area contributed by atoms with Crippen LogP contribution in [0.2, 0.25) is 0 Å². The molecule has 0 saturated carbocycles. The highest BCUT2D eigenvalue weighted by Crippen LogP contribution is 2.38. The van der Waals surface area contributed by atoms with Crippen LogP contribution in [0.15, 0.2) is 63.5 Å². The topological polar surface area (TPSA) is 88.4 Å². The van der Waals surface area contributed by atoms with Crippen LogP contribution in [-0.4, -0.2) is 30.5 Å². The minimum absolute atomic E-state index is 0.129. The van der Waals surface area contributed by atoms with E-state index in [4.69, 9.17) is 23.9 Å². The molecule has 0 fully saturated rings. The van der Waals surface area contributed by atoms with Gasteiger partial charge in [-0.1, -0.05) is 56.7 Å². The van der Waals surface area contributed by atoms with E-state index in [2.05, 4.69) is 13.8 Å². The number of aromatic nitrogens is 1. The molecule has 0 saturated heterocycles. The van der Waals surface area contributed by atoms with Gasteiger partial charge in [-0.15, -0.1) is 0 Å². The van der Waals surface area contributed by atoms with E-state index in [0.29, 0.717) is 51.0 Å². The Bertz CT molecular complexity index is 1580. The van der Waals surface area contributed by atoms with E-state index in [-0.39, 0.29) is 19.0 Å². The first-order chi connectivity index (χ1) is 18.9. The molecule has 204 valence electrons. The fourth-order valence-corrected chi connectivity index (χ4v) is 5.61. The van der Waals surface area contributed by atoms with Gasteiger partial charge in [-0.2, -0.15) is 0 Å². The number of esters is 1. The van der Waals surface area contributed by atoms with E-state index >= 15 is 0 Å². The van der Waals surface area contributed by atoms with E-state index in [0.717, 1.165) is 23.3 Å². The normalized spacial score (nSPS) is 16.3. The number of hydrogen-bond donors (Lipinski definition) is 0. The van der Waals surface area contributed by atoms with Crippen molar-refractivity contribution in [2.75, 3.05) is 20.0 Å². The zero-order valence-electron chi connectivity index (χ0n) is 22.6. The fourth-order valence-electron chi connectivity index (χ4n) is 4.59. The Labute approximate surface area is 230 Å². The monoisotopic (exact) mass is 548 g/mol. The first-order valence-electron chi connectivity index (χ1n) is 13.2. The average molecular weight is 549 g/mol. The number of fused-ring (bicyclic) bond motifs is 2. The predicted octanol–water partition coefficient (Wildman–Crippen LogP) is 4.34. The first-order valence-corrected chi connectivity index (χ1v) is 14.1. The number of nitrogens with zero attached hydrogens (tertiary/aromatic N) is 2.